The summed E-state index contributed by atoms with van der Waals surface area (Å²) in [6.45, 7) is 7.85. The second kappa shape index (κ2) is 11.1. The first kappa shape index (κ1) is 22.2. The van der Waals surface area contributed by atoms with Crippen molar-refractivity contribution in [3.63, 3.8) is 0 Å². The molecule has 2 aromatic rings. The minimum atomic E-state index is 0.260. The minimum absolute atomic E-state index is 0.260. The molecular weight excluding hydrogens is 392 g/mol. The lowest BCUT2D eigenvalue weighted by atomic mass is 10.1. The Morgan fingerprint density at radius 2 is 1.93 bits per heavy atom. The Kier molecular flexibility index (Phi) is 8.20. The van der Waals surface area contributed by atoms with Gasteiger partial charge in [-0.1, -0.05) is 36.4 Å². The molecule has 0 aromatic heterocycles. The lowest BCUT2D eigenvalue weighted by Crippen LogP contribution is -2.37. The van der Waals surface area contributed by atoms with Crippen molar-refractivity contribution in [1.82, 2.24) is 15.5 Å². The number of rotatable bonds is 8. The summed E-state index contributed by atoms with van der Waals surface area (Å²) in [5.41, 5.74) is 4.89. The van der Waals surface area contributed by atoms with Crippen LogP contribution in [0.25, 0.3) is 0 Å². The van der Waals surface area contributed by atoms with E-state index < -0.39 is 0 Å². The fourth-order valence-electron chi connectivity index (χ4n) is 3.63. The molecule has 1 amide bonds. The Labute approximate surface area is 184 Å². The lowest BCUT2D eigenvalue weighted by Gasteiger charge is -2.19. The summed E-state index contributed by atoms with van der Waals surface area (Å²) in [4.78, 5) is 20.0. The molecule has 0 radical (unpaired) electrons. The molecule has 0 aliphatic carbocycles. The van der Waals surface area contributed by atoms with Gasteiger partial charge in [-0.15, -0.1) is 11.8 Å². The molecule has 1 aliphatic heterocycles. The Hall–Kier alpha value is -2.47. The fraction of sp³-hybridized carbons (Fsp3) is 0.417. The Morgan fingerprint density at radius 1 is 1.13 bits per heavy atom. The molecule has 160 valence electrons. The fourth-order valence-corrected chi connectivity index (χ4v) is 4.33. The summed E-state index contributed by atoms with van der Waals surface area (Å²) in [5.74, 6) is 1.06. The number of thioether (sulfide) groups is 1. The average Bonchev–Trinajstić information content (AvgIpc) is 3.16. The highest BCUT2D eigenvalue weighted by Gasteiger charge is 2.20. The van der Waals surface area contributed by atoms with E-state index in [1.54, 1.807) is 11.8 Å². The molecule has 30 heavy (non-hydrogen) atoms. The van der Waals surface area contributed by atoms with E-state index in [2.05, 4.69) is 61.1 Å². The van der Waals surface area contributed by atoms with Gasteiger partial charge in [0.05, 0.1) is 6.54 Å². The van der Waals surface area contributed by atoms with Crippen molar-refractivity contribution < 1.29 is 4.79 Å². The summed E-state index contributed by atoms with van der Waals surface area (Å²) in [5, 5.41) is 6.80. The molecule has 1 saturated heterocycles. The van der Waals surface area contributed by atoms with E-state index in [1.165, 1.54) is 27.1 Å². The van der Waals surface area contributed by atoms with Gasteiger partial charge >= 0.3 is 0 Å². The molecule has 2 N–H and O–H groups in total. The van der Waals surface area contributed by atoms with Crippen LogP contribution in [0.2, 0.25) is 0 Å². The normalized spacial score (nSPS) is 14.3. The van der Waals surface area contributed by atoms with Crippen LogP contribution in [0, 0.1) is 6.92 Å². The first-order valence-corrected chi connectivity index (χ1v) is 11.8. The van der Waals surface area contributed by atoms with Gasteiger partial charge in [0, 0.05) is 37.5 Å². The average molecular weight is 425 g/mol. The third-order valence-electron chi connectivity index (χ3n) is 5.29. The number of hydrogen-bond donors (Lipinski definition) is 2. The zero-order valence-corrected chi connectivity index (χ0v) is 19.0. The van der Waals surface area contributed by atoms with Crippen molar-refractivity contribution in [3.05, 3.63) is 64.7 Å². The van der Waals surface area contributed by atoms with Crippen molar-refractivity contribution >= 4 is 23.6 Å². The van der Waals surface area contributed by atoms with E-state index >= 15 is 0 Å². The van der Waals surface area contributed by atoms with Crippen LogP contribution in [0.5, 0.6) is 0 Å². The third kappa shape index (κ3) is 6.02. The highest BCUT2D eigenvalue weighted by Crippen LogP contribution is 2.22. The number of amides is 1. The molecule has 6 heteroatoms. The van der Waals surface area contributed by atoms with Gasteiger partial charge in [-0.3, -0.25) is 4.79 Å². The van der Waals surface area contributed by atoms with E-state index in [1.807, 2.05) is 17.0 Å². The molecule has 3 rings (SSSR count). The number of carbonyl (C=O) groups is 1. The summed E-state index contributed by atoms with van der Waals surface area (Å²) >= 11 is 1.76. The van der Waals surface area contributed by atoms with Crippen molar-refractivity contribution in [3.8, 4) is 0 Å². The van der Waals surface area contributed by atoms with Crippen LogP contribution >= 0.6 is 11.8 Å². The van der Waals surface area contributed by atoms with E-state index in [9.17, 15) is 4.79 Å². The zero-order valence-electron chi connectivity index (χ0n) is 18.2. The maximum atomic E-state index is 12.0. The van der Waals surface area contributed by atoms with E-state index in [0.717, 1.165) is 25.5 Å². The Morgan fingerprint density at radius 3 is 2.63 bits per heavy atom. The molecule has 1 fully saturated rings. The molecule has 5 nitrogen and oxygen atoms in total. The predicted octanol–water partition coefficient (Wildman–Crippen LogP) is 4.09. The number of nitrogens with zero attached hydrogens (tertiary/aromatic N) is 2. The van der Waals surface area contributed by atoms with Crippen LogP contribution in [-0.4, -0.2) is 36.1 Å². The number of nitrogens with one attached hydrogen (secondary N) is 2. The number of aryl methyl sites for hydroxylation is 1. The summed E-state index contributed by atoms with van der Waals surface area (Å²) in [6, 6.07) is 14.8. The zero-order chi connectivity index (χ0) is 21.3. The van der Waals surface area contributed by atoms with Gasteiger partial charge in [-0.2, -0.15) is 0 Å². The van der Waals surface area contributed by atoms with Crippen molar-refractivity contribution in [2.75, 3.05) is 19.3 Å². The standard InChI is InChI=1S/C24H32N4OS/c1-4-25-24(27-16-20-12-11-18(2)14-22(20)30-3)26-15-19-8-5-6-9-21(19)17-28-13-7-10-23(28)29/h5-6,8-9,11-12,14H,4,7,10,13,15-17H2,1-3H3,(H2,25,26,27). The number of carbonyl (C=O) groups excluding carboxylic acids is 1. The summed E-state index contributed by atoms with van der Waals surface area (Å²) in [6.07, 6.45) is 3.75. The summed E-state index contributed by atoms with van der Waals surface area (Å²) < 4.78 is 0. The van der Waals surface area contributed by atoms with E-state index in [-0.39, 0.29) is 5.91 Å². The second-order valence-corrected chi connectivity index (χ2v) is 8.40. The van der Waals surface area contributed by atoms with E-state index in [0.29, 0.717) is 26.1 Å². The predicted molar refractivity (Wildman–Crippen MR) is 126 cm³/mol. The van der Waals surface area contributed by atoms with Crippen LogP contribution in [0.4, 0.5) is 0 Å². The van der Waals surface area contributed by atoms with Gasteiger partial charge in [-0.05, 0) is 54.8 Å². The number of benzene rings is 2. The maximum Gasteiger partial charge on any atom is 0.222 e. The minimum Gasteiger partial charge on any atom is -0.357 e. The first-order valence-electron chi connectivity index (χ1n) is 10.6. The smallest absolute Gasteiger partial charge is 0.222 e. The Bertz CT molecular complexity index is 897. The maximum absolute atomic E-state index is 12.0. The van der Waals surface area contributed by atoms with Gasteiger partial charge in [0.15, 0.2) is 5.96 Å². The van der Waals surface area contributed by atoms with Crippen LogP contribution in [0.15, 0.2) is 52.4 Å². The molecule has 2 aromatic carbocycles. The highest BCUT2D eigenvalue weighted by atomic mass is 32.2. The van der Waals surface area contributed by atoms with Crippen LogP contribution in [0.1, 0.15) is 42.0 Å². The van der Waals surface area contributed by atoms with E-state index in [4.69, 9.17) is 4.99 Å². The van der Waals surface area contributed by atoms with Crippen molar-refractivity contribution in [1.29, 1.82) is 0 Å². The SMILES string of the molecule is CCNC(=NCc1ccc(C)cc1SC)NCc1ccccc1CN1CCCC1=O. The second-order valence-electron chi connectivity index (χ2n) is 7.55. The monoisotopic (exact) mass is 424 g/mol. The van der Waals surface area contributed by atoms with Crippen LogP contribution < -0.4 is 10.6 Å². The Balaban J connectivity index is 1.68. The lowest BCUT2D eigenvalue weighted by molar-refractivity contribution is -0.128. The molecule has 1 aliphatic rings. The summed E-state index contributed by atoms with van der Waals surface area (Å²) in [7, 11) is 0. The number of aliphatic imine (C=N–C) groups is 1. The molecule has 0 bridgehead atoms. The largest absolute Gasteiger partial charge is 0.357 e. The van der Waals surface area contributed by atoms with Gasteiger partial charge in [0.2, 0.25) is 5.91 Å². The van der Waals surface area contributed by atoms with Gasteiger partial charge in [0.1, 0.15) is 0 Å². The molecule has 0 spiro atoms. The number of guanidine groups is 1. The molecule has 1 heterocycles. The molecular formula is C24H32N4OS. The van der Waals surface area contributed by atoms with Crippen molar-refractivity contribution in [2.45, 2.75) is 51.2 Å². The quantitative estimate of drug-likeness (QED) is 0.381. The number of likely N-dealkylation sites (tertiary alicyclic amines) is 1. The third-order valence-corrected chi connectivity index (χ3v) is 6.11. The van der Waals surface area contributed by atoms with Gasteiger partial charge < -0.3 is 15.5 Å². The topological polar surface area (TPSA) is 56.7 Å². The van der Waals surface area contributed by atoms with Crippen molar-refractivity contribution in [2.24, 2.45) is 4.99 Å². The van der Waals surface area contributed by atoms with Crippen LogP contribution in [-0.2, 0) is 24.4 Å². The molecule has 0 saturated carbocycles. The first-order chi connectivity index (χ1) is 14.6. The van der Waals surface area contributed by atoms with Crippen LogP contribution in [0.3, 0.4) is 0 Å². The molecule has 0 unspecified atom stereocenters. The molecule has 0 atom stereocenters. The van der Waals surface area contributed by atoms with Gasteiger partial charge in [-0.25, -0.2) is 4.99 Å². The van der Waals surface area contributed by atoms with Gasteiger partial charge in [0.25, 0.3) is 0 Å². The number of hydrogen-bond acceptors (Lipinski definition) is 3. The highest BCUT2D eigenvalue weighted by molar-refractivity contribution is 7.98.